The number of nitrogens with zero attached hydrogens (tertiary/aromatic N) is 1. The molecular formula is C19H30N2O7. The number of amides is 1. The molecule has 2 heterocycles. The van der Waals surface area contributed by atoms with E-state index in [1.807, 2.05) is 13.8 Å². The Morgan fingerprint density at radius 2 is 2.11 bits per heavy atom. The number of hydrogen-bond donors (Lipinski definition) is 2. The Kier molecular flexibility index (Phi) is 6.40. The number of hydrogen-bond acceptors (Lipinski definition) is 7. The van der Waals surface area contributed by atoms with E-state index < -0.39 is 46.5 Å². The normalized spacial score (nSPS) is 29.4. The number of nitro groups is 1. The molecule has 0 saturated carbocycles. The van der Waals surface area contributed by atoms with Crippen molar-refractivity contribution < 1.29 is 28.7 Å². The largest absolute Gasteiger partial charge is 0.466 e. The van der Waals surface area contributed by atoms with Gasteiger partial charge in [0.05, 0.1) is 12.2 Å². The summed E-state index contributed by atoms with van der Waals surface area (Å²) in [5.41, 5.74) is -0.702. The van der Waals surface area contributed by atoms with Crippen LogP contribution in [0.2, 0.25) is 0 Å². The number of ether oxygens (including phenoxy) is 2. The number of aliphatic hydroxyl groups is 1. The Labute approximate surface area is 164 Å². The lowest BCUT2D eigenvalue weighted by molar-refractivity contribution is -0.564. The van der Waals surface area contributed by atoms with Crippen molar-refractivity contribution in [2.24, 2.45) is 11.8 Å². The topological polar surface area (TPSA) is 124 Å². The summed E-state index contributed by atoms with van der Waals surface area (Å²) in [4.78, 5) is 23.9. The van der Waals surface area contributed by atoms with Gasteiger partial charge in [0.15, 0.2) is 11.9 Å². The van der Waals surface area contributed by atoms with E-state index in [0.29, 0.717) is 0 Å². The first-order chi connectivity index (χ1) is 12.8. The van der Waals surface area contributed by atoms with Crippen LogP contribution in [-0.4, -0.2) is 39.6 Å². The van der Waals surface area contributed by atoms with Crippen molar-refractivity contribution in [1.29, 1.82) is 0 Å². The molecule has 0 aromatic carbocycles. The summed E-state index contributed by atoms with van der Waals surface area (Å²) in [5.74, 6) is -2.21. The minimum Gasteiger partial charge on any atom is -0.466 e. The van der Waals surface area contributed by atoms with E-state index in [-0.39, 0.29) is 18.1 Å². The number of nitrogens with one attached hydrogen (secondary N) is 1. The van der Waals surface area contributed by atoms with Crippen LogP contribution < -0.4 is 5.32 Å². The molecule has 0 spiro atoms. The molecule has 1 aliphatic rings. The summed E-state index contributed by atoms with van der Waals surface area (Å²) in [6.45, 7) is 10.4. The standard InChI is InChI=1S/C19H30N2O7/c1-11(2)14(20-17(22)28-18(3,4)5)12-10-19(6,23)27-16(15(12)21(24)25)13-8-7-9-26-13/h7-9,11-12,14-16,23H,10H2,1-6H3,(H,20,22)/t12-,14-,15-,16+,19?/m0/s1. The highest BCUT2D eigenvalue weighted by Gasteiger charge is 2.55. The van der Waals surface area contributed by atoms with E-state index in [2.05, 4.69) is 5.32 Å². The minimum absolute atomic E-state index is 0.0193. The van der Waals surface area contributed by atoms with Crippen LogP contribution in [0.5, 0.6) is 0 Å². The number of alkyl carbamates (subject to hydrolysis) is 1. The lowest BCUT2D eigenvalue weighted by Gasteiger charge is -2.43. The summed E-state index contributed by atoms with van der Waals surface area (Å²) < 4.78 is 16.3. The van der Waals surface area contributed by atoms with Gasteiger partial charge in [-0.05, 0) is 45.7 Å². The molecule has 2 rings (SSSR count). The van der Waals surface area contributed by atoms with Gasteiger partial charge in [-0.25, -0.2) is 4.79 Å². The molecule has 1 unspecified atom stereocenters. The van der Waals surface area contributed by atoms with Crippen LogP contribution in [0.4, 0.5) is 4.79 Å². The van der Waals surface area contributed by atoms with Gasteiger partial charge in [-0.2, -0.15) is 0 Å². The van der Waals surface area contributed by atoms with Gasteiger partial charge in [0.25, 0.3) is 6.04 Å². The number of furan rings is 1. The van der Waals surface area contributed by atoms with Crippen LogP contribution in [-0.2, 0) is 9.47 Å². The van der Waals surface area contributed by atoms with Crippen LogP contribution in [0.3, 0.4) is 0 Å². The molecule has 1 aromatic rings. The van der Waals surface area contributed by atoms with Gasteiger partial charge < -0.3 is 24.3 Å². The maximum Gasteiger partial charge on any atom is 0.407 e. The van der Waals surface area contributed by atoms with E-state index in [4.69, 9.17) is 13.9 Å². The van der Waals surface area contributed by atoms with E-state index in [9.17, 15) is 20.0 Å². The zero-order valence-corrected chi connectivity index (χ0v) is 17.2. The van der Waals surface area contributed by atoms with E-state index in [0.717, 1.165) is 0 Å². The summed E-state index contributed by atoms with van der Waals surface area (Å²) in [5, 5.41) is 25.4. The molecular weight excluding hydrogens is 368 g/mol. The monoisotopic (exact) mass is 398 g/mol. The zero-order chi connectivity index (χ0) is 21.3. The molecule has 0 aliphatic carbocycles. The first-order valence-electron chi connectivity index (χ1n) is 9.37. The molecule has 0 bridgehead atoms. The molecule has 9 nitrogen and oxygen atoms in total. The second-order valence-electron chi connectivity index (χ2n) is 8.79. The Morgan fingerprint density at radius 3 is 2.57 bits per heavy atom. The highest BCUT2D eigenvalue weighted by Crippen LogP contribution is 2.43. The molecule has 5 atom stereocenters. The van der Waals surface area contributed by atoms with Crippen LogP contribution in [0.15, 0.2) is 22.8 Å². The van der Waals surface area contributed by atoms with Crippen molar-refractivity contribution in [1.82, 2.24) is 5.32 Å². The molecule has 1 fully saturated rings. The van der Waals surface area contributed by atoms with Crippen LogP contribution in [0.1, 0.15) is 59.8 Å². The Balaban J connectivity index is 2.38. The molecule has 1 aliphatic heterocycles. The van der Waals surface area contributed by atoms with Crippen molar-refractivity contribution >= 4 is 6.09 Å². The van der Waals surface area contributed by atoms with Crippen molar-refractivity contribution in [3.05, 3.63) is 34.3 Å². The average Bonchev–Trinajstić information content (AvgIpc) is 3.02. The van der Waals surface area contributed by atoms with E-state index >= 15 is 0 Å². The van der Waals surface area contributed by atoms with E-state index in [1.165, 1.54) is 13.2 Å². The SMILES string of the molecule is CC(C)[C@H](NC(=O)OC(C)(C)C)[C@@H]1CC(C)(O)O[C@H](c2ccco2)[C@H]1[N+](=O)[O-]. The number of carbonyl (C=O) groups excluding carboxylic acids is 1. The lowest BCUT2D eigenvalue weighted by atomic mass is 9.76. The van der Waals surface area contributed by atoms with Crippen molar-refractivity contribution in [2.45, 2.75) is 77.5 Å². The van der Waals surface area contributed by atoms with Gasteiger partial charge in [0, 0.05) is 17.4 Å². The summed E-state index contributed by atoms with van der Waals surface area (Å²) in [6.07, 6.45) is -0.365. The van der Waals surface area contributed by atoms with E-state index in [1.54, 1.807) is 32.9 Å². The van der Waals surface area contributed by atoms with Gasteiger partial charge in [-0.15, -0.1) is 0 Å². The fourth-order valence-electron chi connectivity index (χ4n) is 3.67. The molecule has 158 valence electrons. The summed E-state index contributed by atoms with van der Waals surface area (Å²) in [7, 11) is 0. The zero-order valence-electron chi connectivity index (χ0n) is 17.2. The van der Waals surface area contributed by atoms with Crippen LogP contribution >= 0.6 is 0 Å². The average molecular weight is 398 g/mol. The smallest absolute Gasteiger partial charge is 0.407 e. The molecule has 28 heavy (non-hydrogen) atoms. The van der Waals surface area contributed by atoms with Gasteiger partial charge in [-0.3, -0.25) is 10.1 Å². The van der Waals surface area contributed by atoms with Gasteiger partial charge in [0.2, 0.25) is 0 Å². The fraction of sp³-hybridized carbons (Fsp3) is 0.737. The summed E-state index contributed by atoms with van der Waals surface area (Å²) >= 11 is 0. The second-order valence-corrected chi connectivity index (χ2v) is 8.79. The van der Waals surface area contributed by atoms with Gasteiger partial charge >= 0.3 is 6.09 Å². The van der Waals surface area contributed by atoms with Gasteiger partial charge in [-0.1, -0.05) is 13.8 Å². The Bertz CT molecular complexity index is 679. The third kappa shape index (κ3) is 5.45. The maximum absolute atomic E-state index is 12.3. The minimum atomic E-state index is -1.61. The predicted octanol–water partition coefficient (Wildman–Crippen LogP) is 3.26. The molecule has 0 radical (unpaired) electrons. The molecule has 1 amide bonds. The molecule has 1 aromatic heterocycles. The molecule has 2 N–H and O–H groups in total. The third-order valence-corrected chi connectivity index (χ3v) is 4.67. The Morgan fingerprint density at radius 1 is 1.46 bits per heavy atom. The summed E-state index contributed by atoms with van der Waals surface area (Å²) in [6, 6.07) is 1.35. The number of carbonyl (C=O) groups is 1. The van der Waals surface area contributed by atoms with Gasteiger partial charge in [0.1, 0.15) is 11.4 Å². The molecule has 9 heteroatoms. The highest BCUT2D eigenvalue weighted by molar-refractivity contribution is 5.68. The van der Waals surface area contributed by atoms with Crippen LogP contribution in [0, 0.1) is 22.0 Å². The molecule has 1 saturated heterocycles. The Hall–Kier alpha value is -2.13. The fourth-order valence-corrected chi connectivity index (χ4v) is 3.67. The quantitative estimate of drug-likeness (QED) is 0.576. The van der Waals surface area contributed by atoms with Crippen molar-refractivity contribution in [3.63, 3.8) is 0 Å². The van der Waals surface area contributed by atoms with Crippen molar-refractivity contribution in [3.8, 4) is 0 Å². The van der Waals surface area contributed by atoms with Crippen molar-refractivity contribution in [2.75, 3.05) is 0 Å². The first kappa shape index (κ1) is 22.2. The predicted molar refractivity (Wildman–Crippen MR) is 100 cm³/mol. The lowest BCUT2D eigenvalue weighted by Crippen LogP contribution is -2.58. The third-order valence-electron chi connectivity index (χ3n) is 4.67. The maximum atomic E-state index is 12.3. The highest BCUT2D eigenvalue weighted by atomic mass is 16.7. The first-order valence-corrected chi connectivity index (χ1v) is 9.37. The van der Waals surface area contributed by atoms with Crippen LogP contribution in [0.25, 0.3) is 0 Å². The second kappa shape index (κ2) is 8.08. The number of rotatable bonds is 5.